The van der Waals surface area contributed by atoms with Gasteiger partial charge in [-0.05, 0) is 35.9 Å². The minimum Gasteiger partial charge on any atom is -0.411 e. The SMILES string of the molecule is Cn1c(=O)c(-c2ccc(Cl)cc2Cl)cc2c3cc(/C=N/O)ccc3n(C)c21. The molecule has 4 aromatic rings. The van der Waals surface area contributed by atoms with Gasteiger partial charge in [0.25, 0.3) is 5.56 Å². The normalized spacial score (nSPS) is 11.9. The number of hydrogen-bond donors (Lipinski definition) is 1. The Morgan fingerprint density at radius 1 is 0.963 bits per heavy atom. The van der Waals surface area contributed by atoms with Crippen LogP contribution in [0, 0.1) is 0 Å². The second-order valence-electron chi connectivity index (χ2n) is 6.36. The average Bonchev–Trinajstić information content (AvgIpc) is 2.91. The maximum atomic E-state index is 13.0. The number of hydrogen-bond acceptors (Lipinski definition) is 3. The summed E-state index contributed by atoms with van der Waals surface area (Å²) in [5.41, 5.74) is 3.51. The minimum absolute atomic E-state index is 0.144. The van der Waals surface area contributed by atoms with Crippen LogP contribution >= 0.6 is 23.2 Å². The number of fused-ring (bicyclic) bond motifs is 3. The molecule has 0 amide bonds. The van der Waals surface area contributed by atoms with Crippen LogP contribution in [0.3, 0.4) is 0 Å². The van der Waals surface area contributed by atoms with Crippen molar-refractivity contribution in [1.29, 1.82) is 0 Å². The average molecular weight is 400 g/mol. The lowest BCUT2D eigenvalue weighted by atomic mass is 10.0. The van der Waals surface area contributed by atoms with Crippen LogP contribution in [-0.2, 0) is 14.1 Å². The van der Waals surface area contributed by atoms with Crippen LogP contribution in [0.25, 0.3) is 33.1 Å². The predicted molar refractivity (Wildman–Crippen MR) is 111 cm³/mol. The molecule has 0 saturated carbocycles. The van der Waals surface area contributed by atoms with Crippen molar-refractivity contribution in [2.24, 2.45) is 19.3 Å². The highest BCUT2D eigenvalue weighted by Gasteiger charge is 2.17. The molecule has 0 aliphatic rings. The van der Waals surface area contributed by atoms with E-state index in [4.69, 9.17) is 28.4 Å². The molecule has 7 heteroatoms. The van der Waals surface area contributed by atoms with Gasteiger partial charge in [-0.2, -0.15) is 0 Å². The number of halogens is 2. The lowest BCUT2D eigenvalue weighted by Gasteiger charge is -2.09. The molecule has 0 bridgehead atoms. The number of oxime groups is 1. The molecule has 2 heterocycles. The smallest absolute Gasteiger partial charge is 0.259 e. The number of aryl methyl sites for hydroxylation is 2. The molecule has 0 unspecified atom stereocenters. The lowest BCUT2D eigenvalue weighted by Crippen LogP contribution is -2.20. The molecule has 0 fully saturated rings. The summed E-state index contributed by atoms with van der Waals surface area (Å²) in [6.07, 6.45) is 1.37. The van der Waals surface area contributed by atoms with E-state index in [1.807, 2.05) is 35.9 Å². The van der Waals surface area contributed by atoms with Crippen LogP contribution in [0.15, 0.2) is 52.4 Å². The van der Waals surface area contributed by atoms with E-state index in [9.17, 15) is 4.79 Å². The Kier molecular flexibility index (Phi) is 4.21. The van der Waals surface area contributed by atoms with Crippen molar-refractivity contribution in [3.8, 4) is 11.1 Å². The summed E-state index contributed by atoms with van der Waals surface area (Å²) in [5, 5.41) is 14.7. The van der Waals surface area contributed by atoms with Gasteiger partial charge in [-0.1, -0.05) is 40.5 Å². The van der Waals surface area contributed by atoms with Gasteiger partial charge in [-0.15, -0.1) is 0 Å². The van der Waals surface area contributed by atoms with E-state index < -0.39 is 0 Å². The van der Waals surface area contributed by atoms with E-state index in [-0.39, 0.29) is 5.56 Å². The summed E-state index contributed by atoms with van der Waals surface area (Å²) in [6.45, 7) is 0. The van der Waals surface area contributed by atoms with Crippen molar-refractivity contribution in [2.75, 3.05) is 0 Å². The van der Waals surface area contributed by atoms with Crippen LogP contribution in [0.2, 0.25) is 10.0 Å². The molecule has 136 valence electrons. The first kappa shape index (κ1) is 17.6. The van der Waals surface area contributed by atoms with Crippen molar-refractivity contribution in [1.82, 2.24) is 9.13 Å². The Hall–Kier alpha value is -2.76. The first-order chi connectivity index (χ1) is 12.9. The molecule has 0 aliphatic carbocycles. The van der Waals surface area contributed by atoms with E-state index in [1.165, 1.54) is 6.21 Å². The van der Waals surface area contributed by atoms with Crippen molar-refractivity contribution >= 4 is 51.4 Å². The van der Waals surface area contributed by atoms with E-state index >= 15 is 0 Å². The molecule has 0 radical (unpaired) electrons. The fourth-order valence-electron chi connectivity index (χ4n) is 3.56. The number of benzene rings is 2. The topological polar surface area (TPSA) is 59.5 Å². The Morgan fingerprint density at radius 3 is 2.44 bits per heavy atom. The minimum atomic E-state index is -0.144. The molecular formula is C20H15Cl2N3O2. The fourth-order valence-corrected chi connectivity index (χ4v) is 4.07. The highest BCUT2D eigenvalue weighted by molar-refractivity contribution is 6.36. The highest BCUT2D eigenvalue weighted by Crippen LogP contribution is 2.33. The Morgan fingerprint density at radius 2 is 1.74 bits per heavy atom. The van der Waals surface area contributed by atoms with Gasteiger partial charge in [-0.25, -0.2) is 0 Å². The number of aromatic nitrogens is 2. The third kappa shape index (κ3) is 2.71. The lowest BCUT2D eigenvalue weighted by molar-refractivity contribution is 0.322. The van der Waals surface area contributed by atoms with Gasteiger partial charge in [0.05, 0.1) is 16.8 Å². The van der Waals surface area contributed by atoms with Crippen LogP contribution in [0.5, 0.6) is 0 Å². The molecule has 27 heavy (non-hydrogen) atoms. The van der Waals surface area contributed by atoms with Gasteiger partial charge in [0, 0.05) is 41.0 Å². The zero-order valence-electron chi connectivity index (χ0n) is 14.6. The second kappa shape index (κ2) is 6.44. The third-order valence-corrected chi connectivity index (χ3v) is 5.35. The summed E-state index contributed by atoms with van der Waals surface area (Å²) in [6, 6.07) is 12.7. The van der Waals surface area contributed by atoms with E-state index in [0.29, 0.717) is 21.2 Å². The molecule has 5 nitrogen and oxygen atoms in total. The number of rotatable bonds is 2. The van der Waals surface area contributed by atoms with Gasteiger partial charge in [0.2, 0.25) is 0 Å². The van der Waals surface area contributed by atoms with Crippen LogP contribution in [0.4, 0.5) is 0 Å². The zero-order chi connectivity index (χ0) is 19.3. The van der Waals surface area contributed by atoms with E-state index in [2.05, 4.69) is 5.16 Å². The largest absolute Gasteiger partial charge is 0.411 e. The summed E-state index contributed by atoms with van der Waals surface area (Å²) < 4.78 is 3.59. The molecule has 2 aromatic heterocycles. The maximum Gasteiger partial charge on any atom is 0.259 e. The molecule has 4 rings (SSSR count). The second-order valence-corrected chi connectivity index (χ2v) is 7.21. The Bertz CT molecular complexity index is 1300. The van der Waals surface area contributed by atoms with Gasteiger partial charge < -0.3 is 9.77 Å². The molecule has 0 aliphatic heterocycles. The third-order valence-electron chi connectivity index (χ3n) is 4.80. The number of nitrogens with zero attached hydrogens (tertiary/aromatic N) is 3. The molecule has 0 saturated heterocycles. The van der Waals surface area contributed by atoms with Gasteiger partial charge in [0.1, 0.15) is 5.65 Å². The molecule has 0 atom stereocenters. The van der Waals surface area contributed by atoms with Crippen LogP contribution < -0.4 is 5.56 Å². The van der Waals surface area contributed by atoms with Crippen molar-refractivity contribution in [3.63, 3.8) is 0 Å². The number of pyridine rings is 1. The van der Waals surface area contributed by atoms with Gasteiger partial charge >= 0.3 is 0 Å². The summed E-state index contributed by atoms with van der Waals surface area (Å²) in [4.78, 5) is 13.0. The summed E-state index contributed by atoms with van der Waals surface area (Å²) in [7, 11) is 3.66. The molecule has 0 spiro atoms. The molecular weight excluding hydrogens is 385 g/mol. The summed E-state index contributed by atoms with van der Waals surface area (Å²) in [5.74, 6) is 0. The van der Waals surface area contributed by atoms with Crippen molar-refractivity contribution in [3.05, 3.63) is 68.4 Å². The summed E-state index contributed by atoms with van der Waals surface area (Å²) >= 11 is 12.3. The van der Waals surface area contributed by atoms with Crippen molar-refractivity contribution in [2.45, 2.75) is 0 Å². The quantitative estimate of drug-likeness (QED) is 0.298. The van der Waals surface area contributed by atoms with Crippen LogP contribution in [-0.4, -0.2) is 20.6 Å². The highest BCUT2D eigenvalue weighted by atomic mass is 35.5. The standard InChI is InChI=1S/C20H15Cl2N3O2/c1-24-18-6-3-11(10-23-27)7-14(18)15-9-16(20(26)25(2)19(15)24)13-5-4-12(21)8-17(13)22/h3-10,27H,1-2H3/b23-10+. The van der Waals surface area contributed by atoms with Crippen LogP contribution in [0.1, 0.15) is 5.56 Å². The van der Waals surface area contributed by atoms with Gasteiger partial charge in [0.15, 0.2) is 0 Å². The predicted octanol–water partition coefficient (Wildman–Crippen LogP) is 4.81. The first-order valence-corrected chi connectivity index (χ1v) is 8.93. The monoisotopic (exact) mass is 399 g/mol. The maximum absolute atomic E-state index is 13.0. The Balaban J connectivity index is 2.14. The van der Waals surface area contributed by atoms with E-state index in [1.54, 1.807) is 29.8 Å². The molecule has 1 N–H and O–H groups in total. The Labute approximate surface area is 164 Å². The molecule has 2 aromatic carbocycles. The van der Waals surface area contributed by atoms with Crippen molar-refractivity contribution < 1.29 is 5.21 Å². The first-order valence-electron chi connectivity index (χ1n) is 8.17. The zero-order valence-corrected chi connectivity index (χ0v) is 16.1. The van der Waals surface area contributed by atoms with Gasteiger partial charge in [-0.3, -0.25) is 9.36 Å². The fraction of sp³-hybridized carbons (Fsp3) is 0.100. The van der Waals surface area contributed by atoms with E-state index in [0.717, 1.165) is 27.5 Å².